The summed E-state index contributed by atoms with van der Waals surface area (Å²) in [6.45, 7) is 2.94. The van der Waals surface area contributed by atoms with E-state index >= 15 is 0 Å². The van der Waals surface area contributed by atoms with Crippen molar-refractivity contribution in [2.75, 3.05) is 17.2 Å². The highest BCUT2D eigenvalue weighted by Crippen LogP contribution is 2.21. The quantitative estimate of drug-likeness (QED) is 0.713. The van der Waals surface area contributed by atoms with Gasteiger partial charge >= 0.3 is 0 Å². The number of hydrogen-bond acceptors (Lipinski definition) is 5. The largest absolute Gasteiger partial charge is 0.366 e. The minimum absolute atomic E-state index is 0.312. The second-order valence-electron chi connectivity index (χ2n) is 5.34. The molecule has 25 heavy (non-hydrogen) atoms. The topological polar surface area (TPSA) is 62.7 Å². The molecule has 1 aromatic carbocycles. The predicted molar refractivity (Wildman–Crippen MR) is 93.1 cm³/mol. The van der Waals surface area contributed by atoms with Crippen LogP contribution >= 0.6 is 0 Å². The van der Waals surface area contributed by atoms with Gasteiger partial charge in [-0.15, -0.1) is 0 Å². The Labute approximate surface area is 144 Å². The van der Waals surface area contributed by atoms with Crippen molar-refractivity contribution in [3.05, 3.63) is 66.0 Å². The van der Waals surface area contributed by atoms with E-state index in [4.69, 9.17) is 0 Å². The van der Waals surface area contributed by atoms with Crippen LogP contribution in [-0.4, -0.2) is 21.5 Å². The van der Waals surface area contributed by atoms with Crippen molar-refractivity contribution in [1.29, 1.82) is 0 Å². The molecule has 5 nitrogen and oxygen atoms in total. The van der Waals surface area contributed by atoms with Crippen molar-refractivity contribution in [2.45, 2.75) is 13.5 Å². The Balaban J connectivity index is 1.84. The van der Waals surface area contributed by atoms with Gasteiger partial charge < -0.3 is 10.6 Å². The molecule has 0 atom stereocenters. The minimum Gasteiger partial charge on any atom is -0.366 e. The summed E-state index contributed by atoms with van der Waals surface area (Å²) in [4.78, 5) is 12.9. The number of benzene rings is 1. The molecule has 0 aliphatic rings. The van der Waals surface area contributed by atoms with Gasteiger partial charge in [0.1, 0.15) is 5.82 Å². The zero-order valence-corrected chi connectivity index (χ0v) is 13.6. The maximum Gasteiger partial charge on any atom is 0.225 e. The lowest BCUT2D eigenvalue weighted by molar-refractivity contribution is 0.507. The Morgan fingerprint density at radius 3 is 2.60 bits per heavy atom. The molecule has 7 heteroatoms. The van der Waals surface area contributed by atoms with Crippen molar-refractivity contribution < 1.29 is 8.78 Å². The van der Waals surface area contributed by atoms with Gasteiger partial charge in [-0.25, -0.2) is 13.8 Å². The van der Waals surface area contributed by atoms with E-state index in [0.717, 1.165) is 17.7 Å². The fourth-order valence-corrected chi connectivity index (χ4v) is 2.28. The molecular weight excluding hydrogens is 324 g/mol. The highest BCUT2D eigenvalue weighted by atomic mass is 19.2. The van der Waals surface area contributed by atoms with Crippen LogP contribution in [0.1, 0.15) is 12.5 Å². The molecule has 128 valence electrons. The molecule has 2 heterocycles. The number of nitrogens with zero attached hydrogens (tertiary/aromatic N) is 3. The van der Waals surface area contributed by atoms with E-state index in [2.05, 4.69) is 25.6 Å². The van der Waals surface area contributed by atoms with Crippen molar-refractivity contribution in [2.24, 2.45) is 0 Å². The first-order chi connectivity index (χ1) is 12.2. The molecule has 0 saturated heterocycles. The van der Waals surface area contributed by atoms with Crippen molar-refractivity contribution in [1.82, 2.24) is 15.0 Å². The molecular formula is C18H17F2N5. The Kier molecular flexibility index (Phi) is 5.13. The Morgan fingerprint density at radius 1 is 1.00 bits per heavy atom. The van der Waals surface area contributed by atoms with Crippen LogP contribution in [0.15, 0.2) is 48.8 Å². The van der Waals surface area contributed by atoms with Gasteiger partial charge in [-0.05, 0) is 36.8 Å². The van der Waals surface area contributed by atoms with Gasteiger partial charge in [0.15, 0.2) is 11.6 Å². The lowest BCUT2D eigenvalue weighted by atomic mass is 10.2. The van der Waals surface area contributed by atoms with Crippen LogP contribution in [0.4, 0.5) is 20.5 Å². The number of rotatable bonds is 6. The first-order valence-electron chi connectivity index (χ1n) is 7.87. The zero-order valence-electron chi connectivity index (χ0n) is 13.6. The molecule has 0 bridgehead atoms. The van der Waals surface area contributed by atoms with Crippen LogP contribution in [0.5, 0.6) is 0 Å². The molecule has 0 aliphatic heterocycles. The lowest BCUT2D eigenvalue weighted by Crippen LogP contribution is -2.08. The lowest BCUT2D eigenvalue weighted by Gasteiger charge is -2.11. The normalized spacial score (nSPS) is 10.5. The van der Waals surface area contributed by atoms with Gasteiger partial charge in [0.2, 0.25) is 5.95 Å². The average molecular weight is 341 g/mol. The molecule has 0 amide bonds. The number of halogens is 2. The van der Waals surface area contributed by atoms with Crippen LogP contribution in [0.25, 0.3) is 11.3 Å². The van der Waals surface area contributed by atoms with Gasteiger partial charge in [-0.1, -0.05) is 6.07 Å². The highest BCUT2D eigenvalue weighted by Gasteiger charge is 2.08. The molecule has 3 aromatic rings. The van der Waals surface area contributed by atoms with Crippen LogP contribution in [0.3, 0.4) is 0 Å². The van der Waals surface area contributed by atoms with Crippen molar-refractivity contribution in [3.8, 4) is 11.3 Å². The molecule has 0 aliphatic carbocycles. The first kappa shape index (κ1) is 16.8. The molecule has 2 N–H and O–H groups in total. The second-order valence-corrected chi connectivity index (χ2v) is 5.34. The van der Waals surface area contributed by atoms with E-state index in [0.29, 0.717) is 36.1 Å². The maximum absolute atomic E-state index is 13.3. The summed E-state index contributed by atoms with van der Waals surface area (Å²) in [5.41, 5.74) is 2.19. The maximum atomic E-state index is 13.3. The SMILES string of the molecule is CCNc1nc(NCc2ccc(F)c(F)c2)cc(-c2cccnc2)n1. The standard InChI is InChI=1S/C18H17F2N5/c1-2-22-18-24-16(13-4-3-7-21-11-13)9-17(25-18)23-10-12-5-6-14(19)15(20)8-12/h3-9,11H,2,10H2,1H3,(H2,22,23,24,25). The number of pyridine rings is 1. The van der Waals surface area contributed by atoms with Gasteiger partial charge in [0.05, 0.1) is 5.69 Å². The van der Waals surface area contributed by atoms with E-state index in [1.54, 1.807) is 18.5 Å². The number of nitrogens with one attached hydrogen (secondary N) is 2. The zero-order chi connectivity index (χ0) is 17.6. The fourth-order valence-electron chi connectivity index (χ4n) is 2.28. The molecule has 0 saturated carbocycles. The third-order valence-corrected chi connectivity index (χ3v) is 3.48. The molecule has 0 unspecified atom stereocenters. The number of aromatic nitrogens is 3. The van der Waals surface area contributed by atoms with E-state index in [1.165, 1.54) is 6.07 Å². The summed E-state index contributed by atoms with van der Waals surface area (Å²) in [7, 11) is 0. The van der Waals surface area contributed by atoms with E-state index in [1.807, 2.05) is 19.1 Å². The molecule has 0 spiro atoms. The van der Waals surface area contributed by atoms with Crippen molar-refractivity contribution >= 4 is 11.8 Å². The number of hydrogen-bond donors (Lipinski definition) is 2. The van der Waals surface area contributed by atoms with E-state index in [9.17, 15) is 8.78 Å². The van der Waals surface area contributed by atoms with Gasteiger partial charge in [-0.3, -0.25) is 4.98 Å². The van der Waals surface area contributed by atoms with Gasteiger partial charge in [0, 0.05) is 37.1 Å². The number of anilines is 2. The van der Waals surface area contributed by atoms with Crippen LogP contribution in [0.2, 0.25) is 0 Å². The fraction of sp³-hybridized carbons (Fsp3) is 0.167. The van der Waals surface area contributed by atoms with E-state index < -0.39 is 11.6 Å². The molecule has 3 rings (SSSR count). The van der Waals surface area contributed by atoms with Gasteiger partial charge in [-0.2, -0.15) is 4.98 Å². The Morgan fingerprint density at radius 2 is 1.88 bits per heavy atom. The van der Waals surface area contributed by atoms with E-state index in [-0.39, 0.29) is 0 Å². The summed E-state index contributed by atoms with van der Waals surface area (Å²) in [5.74, 6) is -0.670. The summed E-state index contributed by atoms with van der Waals surface area (Å²) in [5, 5.41) is 6.20. The minimum atomic E-state index is -0.869. The van der Waals surface area contributed by atoms with Gasteiger partial charge in [0.25, 0.3) is 0 Å². The third-order valence-electron chi connectivity index (χ3n) is 3.48. The summed E-state index contributed by atoms with van der Waals surface area (Å²) >= 11 is 0. The van der Waals surface area contributed by atoms with Crippen LogP contribution in [-0.2, 0) is 6.54 Å². The van der Waals surface area contributed by atoms with Crippen molar-refractivity contribution in [3.63, 3.8) is 0 Å². The summed E-state index contributed by atoms with van der Waals surface area (Å²) < 4.78 is 26.3. The summed E-state index contributed by atoms with van der Waals surface area (Å²) in [6.07, 6.45) is 3.41. The Bertz CT molecular complexity index is 855. The smallest absolute Gasteiger partial charge is 0.225 e. The second kappa shape index (κ2) is 7.65. The van der Waals surface area contributed by atoms with Crippen LogP contribution in [0, 0.1) is 11.6 Å². The molecule has 0 fully saturated rings. The average Bonchev–Trinajstić information content (AvgIpc) is 2.63. The third kappa shape index (κ3) is 4.26. The Hall–Kier alpha value is -3.09. The monoisotopic (exact) mass is 341 g/mol. The molecule has 0 radical (unpaired) electrons. The van der Waals surface area contributed by atoms with Crippen LogP contribution < -0.4 is 10.6 Å². The predicted octanol–water partition coefficient (Wildman–Crippen LogP) is 3.86. The highest BCUT2D eigenvalue weighted by molar-refractivity contribution is 5.63. The first-order valence-corrected chi connectivity index (χ1v) is 7.87. The molecule has 2 aromatic heterocycles. The summed E-state index contributed by atoms with van der Waals surface area (Å²) in [6, 6.07) is 9.33.